The molecule has 1 atom stereocenters. The number of nitrogens with zero attached hydrogens (tertiary/aromatic N) is 2. The Bertz CT molecular complexity index is 563. The molecule has 1 unspecified atom stereocenters. The van der Waals surface area contributed by atoms with Crippen LogP contribution in [-0.2, 0) is 12.6 Å². The van der Waals surface area contributed by atoms with Gasteiger partial charge in [0.05, 0.1) is 0 Å². The second-order valence-electron chi connectivity index (χ2n) is 3.89. The normalized spacial score (nSPS) is 19.8. The van der Waals surface area contributed by atoms with Gasteiger partial charge < -0.3 is 9.84 Å². The van der Waals surface area contributed by atoms with E-state index in [0.29, 0.717) is 6.54 Å². The maximum atomic E-state index is 12.4. The molecule has 1 N–H and O–H groups in total. The molecule has 4 nitrogen and oxygen atoms in total. The van der Waals surface area contributed by atoms with Crippen LogP contribution in [0, 0.1) is 0 Å². The van der Waals surface area contributed by atoms with Gasteiger partial charge in [-0.3, -0.25) is 0 Å². The van der Waals surface area contributed by atoms with Crippen molar-refractivity contribution in [2.75, 3.05) is 6.54 Å². The van der Waals surface area contributed by atoms with E-state index in [0.717, 1.165) is 16.9 Å². The molecule has 0 saturated carbocycles. The van der Waals surface area contributed by atoms with E-state index in [4.69, 9.17) is 4.52 Å². The van der Waals surface area contributed by atoms with Crippen LogP contribution in [-0.4, -0.2) is 16.7 Å². The van der Waals surface area contributed by atoms with Gasteiger partial charge in [-0.25, -0.2) is 0 Å². The predicted octanol–water partition coefficient (Wildman–Crippen LogP) is 2.38. The summed E-state index contributed by atoms with van der Waals surface area (Å²) in [5.41, 5.74) is 0.920. The smallest absolute Gasteiger partial charge is 0.337 e. The highest BCUT2D eigenvalue weighted by atomic mass is 32.1. The number of alkyl halides is 3. The number of halogens is 3. The molecule has 0 fully saturated rings. The van der Waals surface area contributed by atoms with Crippen molar-refractivity contribution in [3.63, 3.8) is 0 Å². The van der Waals surface area contributed by atoms with Crippen LogP contribution in [0.5, 0.6) is 0 Å². The molecule has 0 amide bonds. The first kappa shape index (κ1) is 11.7. The number of thiophene rings is 1. The van der Waals surface area contributed by atoms with Crippen molar-refractivity contribution in [1.82, 2.24) is 15.5 Å². The third-order valence-corrected chi connectivity index (χ3v) is 3.73. The lowest BCUT2D eigenvalue weighted by Gasteiger charge is -2.20. The topological polar surface area (TPSA) is 51.0 Å². The Morgan fingerprint density at radius 2 is 2.28 bits per heavy atom. The molecule has 0 radical (unpaired) electrons. The van der Waals surface area contributed by atoms with E-state index in [9.17, 15) is 13.2 Å². The fourth-order valence-corrected chi connectivity index (χ4v) is 2.86. The highest BCUT2D eigenvalue weighted by Gasteiger charge is 2.38. The Balaban J connectivity index is 1.96. The molecule has 18 heavy (non-hydrogen) atoms. The molecule has 3 heterocycles. The number of hydrogen-bond donors (Lipinski definition) is 1. The van der Waals surface area contributed by atoms with Crippen LogP contribution in [0.1, 0.15) is 28.2 Å². The fourth-order valence-electron chi connectivity index (χ4n) is 1.94. The quantitative estimate of drug-likeness (QED) is 0.868. The molecule has 0 aromatic carbocycles. The second kappa shape index (κ2) is 4.06. The summed E-state index contributed by atoms with van der Waals surface area (Å²) < 4.78 is 41.9. The van der Waals surface area contributed by atoms with Crippen LogP contribution in [0.15, 0.2) is 16.0 Å². The van der Waals surface area contributed by atoms with Gasteiger partial charge in [0, 0.05) is 11.4 Å². The van der Waals surface area contributed by atoms with Gasteiger partial charge in [0.25, 0.3) is 5.82 Å². The van der Waals surface area contributed by atoms with E-state index >= 15 is 0 Å². The summed E-state index contributed by atoms with van der Waals surface area (Å²) >= 11 is 1.58. The molecule has 0 spiro atoms. The van der Waals surface area contributed by atoms with E-state index in [2.05, 4.69) is 15.5 Å². The highest BCUT2D eigenvalue weighted by Crippen LogP contribution is 2.33. The minimum Gasteiger partial charge on any atom is -0.337 e. The van der Waals surface area contributed by atoms with Gasteiger partial charge in [-0.2, -0.15) is 18.2 Å². The summed E-state index contributed by atoms with van der Waals surface area (Å²) in [6.45, 7) is 0.682. The average molecular weight is 275 g/mol. The largest absolute Gasteiger partial charge is 0.455 e. The fraction of sp³-hybridized carbons (Fsp3) is 0.400. The third-order valence-electron chi connectivity index (χ3n) is 2.73. The average Bonchev–Trinajstić information content (AvgIpc) is 2.96. The number of nitrogens with one attached hydrogen (secondary N) is 1. The van der Waals surface area contributed by atoms with Gasteiger partial charge in [0.2, 0.25) is 5.89 Å². The highest BCUT2D eigenvalue weighted by molar-refractivity contribution is 7.10. The SMILES string of the molecule is FC(F)(F)c1noc(C2NCCc3sccc32)n1. The van der Waals surface area contributed by atoms with E-state index in [-0.39, 0.29) is 5.89 Å². The van der Waals surface area contributed by atoms with Gasteiger partial charge in [-0.15, -0.1) is 11.3 Å². The van der Waals surface area contributed by atoms with E-state index in [1.807, 2.05) is 11.4 Å². The molecule has 8 heteroatoms. The monoisotopic (exact) mass is 275 g/mol. The Labute approximate surface area is 104 Å². The summed E-state index contributed by atoms with van der Waals surface area (Å²) in [4.78, 5) is 4.57. The van der Waals surface area contributed by atoms with Gasteiger partial charge in [0.15, 0.2) is 0 Å². The minimum atomic E-state index is -4.58. The molecule has 0 bridgehead atoms. The summed E-state index contributed by atoms with van der Waals surface area (Å²) in [5.74, 6) is -1.27. The Morgan fingerprint density at radius 3 is 3.00 bits per heavy atom. The summed E-state index contributed by atoms with van der Waals surface area (Å²) in [6, 6.07) is 1.43. The standard InChI is InChI=1S/C10H8F3N3OS/c11-10(12,13)9-15-8(17-16-9)7-5-2-4-18-6(5)1-3-14-7/h2,4,7,14H,1,3H2. The van der Waals surface area contributed by atoms with Gasteiger partial charge in [-0.05, 0) is 23.4 Å². The van der Waals surface area contributed by atoms with Crippen LogP contribution in [0.2, 0.25) is 0 Å². The van der Waals surface area contributed by atoms with Crippen molar-refractivity contribution in [1.29, 1.82) is 0 Å². The molecular formula is C10H8F3N3OS. The van der Waals surface area contributed by atoms with Gasteiger partial charge in [0.1, 0.15) is 6.04 Å². The van der Waals surface area contributed by atoms with Crippen LogP contribution in [0.3, 0.4) is 0 Å². The molecule has 2 aromatic heterocycles. The van der Waals surface area contributed by atoms with Crippen LogP contribution in [0.25, 0.3) is 0 Å². The third kappa shape index (κ3) is 1.91. The van der Waals surface area contributed by atoms with Gasteiger partial charge in [-0.1, -0.05) is 5.16 Å². The molecule has 96 valence electrons. The number of fused-ring (bicyclic) bond motifs is 1. The summed E-state index contributed by atoms with van der Waals surface area (Å²) in [7, 11) is 0. The number of hydrogen-bond acceptors (Lipinski definition) is 5. The van der Waals surface area contributed by atoms with E-state index in [1.54, 1.807) is 11.3 Å². The van der Waals surface area contributed by atoms with Crippen LogP contribution in [0.4, 0.5) is 13.2 Å². The maximum absolute atomic E-state index is 12.4. The van der Waals surface area contributed by atoms with Crippen LogP contribution >= 0.6 is 11.3 Å². The van der Waals surface area contributed by atoms with Gasteiger partial charge >= 0.3 is 6.18 Å². The Hall–Kier alpha value is -1.41. The lowest BCUT2D eigenvalue weighted by molar-refractivity contribution is -0.146. The zero-order valence-corrected chi connectivity index (χ0v) is 9.81. The molecule has 0 aliphatic carbocycles. The zero-order valence-electron chi connectivity index (χ0n) is 8.99. The molecule has 0 saturated heterocycles. The van der Waals surface area contributed by atoms with Crippen molar-refractivity contribution in [2.45, 2.75) is 18.6 Å². The Kier molecular flexibility index (Phi) is 2.63. The first-order valence-corrected chi connectivity index (χ1v) is 6.14. The minimum absolute atomic E-state index is 0.0401. The molecule has 3 rings (SSSR count). The molecule has 1 aliphatic heterocycles. The van der Waals surface area contributed by atoms with Crippen LogP contribution < -0.4 is 5.32 Å². The Morgan fingerprint density at radius 1 is 1.44 bits per heavy atom. The van der Waals surface area contributed by atoms with E-state index < -0.39 is 18.0 Å². The van der Waals surface area contributed by atoms with Crippen molar-refractivity contribution in [3.05, 3.63) is 33.6 Å². The molecule has 1 aliphatic rings. The van der Waals surface area contributed by atoms with E-state index in [1.165, 1.54) is 0 Å². The first-order valence-electron chi connectivity index (χ1n) is 5.26. The van der Waals surface area contributed by atoms with Crippen molar-refractivity contribution in [3.8, 4) is 0 Å². The number of rotatable bonds is 1. The maximum Gasteiger partial charge on any atom is 0.455 e. The first-order chi connectivity index (χ1) is 8.55. The number of aromatic nitrogens is 2. The zero-order chi connectivity index (χ0) is 12.8. The second-order valence-corrected chi connectivity index (χ2v) is 4.89. The lowest BCUT2D eigenvalue weighted by atomic mass is 10.0. The lowest BCUT2D eigenvalue weighted by Crippen LogP contribution is -2.29. The molecule has 2 aromatic rings. The summed E-state index contributed by atoms with van der Waals surface area (Å²) in [6.07, 6.45) is -3.71. The summed E-state index contributed by atoms with van der Waals surface area (Å²) in [5, 5.41) is 7.97. The molecular weight excluding hydrogens is 267 g/mol. The van der Waals surface area contributed by atoms with Crippen molar-refractivity contribution in [2.24, 2.45) is 0 Å². The predicted molar refractivity (Wildman–Crippen MR) is 57.2 cm³/mol. The van der Waals surface area contributed by atoms with Crippen molar-refractivity contribution >= 4 is 11.3 Å². The van der Waals surface area contributed by atoms with Crippen molar-refractivity contribution < 1.29 is 17.7 Å².